The van der Waals surface area contributed by atoms with Gasteiger partial charge in [0.25, 0.3) is 0 Å². The number of fused-ring (bicyclic) bond motifs is 4. The second-order valence-corrected chi connectivity index (χ2v) is 9.40. The van der Waals surface area contributed by atoms with Gasteiger partial charge in [-0.15, -0.1) is 0 Å². The molecule has 7 aromatic rings. The third-order valence-electron chi connectivity index (χ3n) is 7.09. The molecule has 0 saturated carbocycles. The fraction of sp³-hybridized carbons (Fsp3) is 0. The van der Waals surface area contributed by atoms with Gasteiger partial charge in [-0.05, 0) is 23.6 Å². The lowest BCUT2D eigenvalue weighted by molar-refractivity contribution is 1.01. The van der Waals surface area contributed by atoms with Gasteiger partial charge in [0.2, 0.25) is 5.95 Å². The van der Waals surface area contributed by atoms with Crippen molar-refractivity contribution in [1.29, 1.82) is 0 Å². The minimum absolute atomic E-state index is 0.508. The van der Waals surface area contributed by atoms with Crippen molar-refractivity contribution in [3.05, 3.63) is 121 Å². The number of benzene rings is 4. The Hall–Kier alpha value is -5.49. The largest absolute Gasteiger partial charge is 0.261 e. The van der Waals surface area contributed by atoms with E-state index in [0.29, 0.717) is 17.6 Å². The third kappa shape index (κ3) is 3.39. The molecule has 0 atom stereocenters. The topological polar surface area (TPSA) is 67.7 Å². The maximum Gasteiger partial charge on any atom is 0.240 e. The average Bonchev–Trinajstić information content (AvgIpc) is 3.02. The Bertz CT molecular complexity index is 1960. The summed E-state index contributed by atoms with van der Waals surface area (Å²) in [6.45, 7) is 0. The molecule has 8 rings (SSSR count). The van der Waals surface area contributed by atoms with Gasteiger partial charge in [-0.1, -0.05) is 97.1 Å². The predicted octanol–water partition coefficient (Wildman–Crippen LogP) is 7.75. The minimum atomic E-state index is 0.508. The first kappa shape index (κ1) is 21.6. The molecule has 4 aromatic carbocycles. The van der Waals surface area contributed by atoms with Crippen molar-refractivity contribution in [3.8, 4) is 34.0 Å². The maximum atomic E-state index is 5.18. The Morgan fingerprint density at radius 2 is 1.15 bits per heavy atom. The molecule has 0 aliphatic carbocycles. The van der Waals surface area contributed by atoms with Crippen LogP contribution in [-0.4, -0.2) is 24.9 Å². The van der Waals surface area contributed by atoms with Crippen molar-refractivity contribution < 1.29 is 0 Å². The third-order valence-corrected chi connectivity index (χ3v) is 7.09. The zero-order valence-electron chi connectivity index (χ0n) is 20.7. The van der Waals surface area contributed by atoms with Gasteiger partial charge in [0.15, 0.2) is 17.5 Å². The van der Waals surface area contributed by atoms with Crippen LogP contribution in [0.15, 0.2) is 121 Å². The van der Waals surface area contributed by atoms with Gasteiger partial charge in [-0.2, -0.15) is 9.97 Å². The summed E-state index contributed by atoms with van der Waals surface area (Å²) in [6.07, 6.45) is 1.88. The average molecular weight is 501 g/mol. The molecule has 0 unspecified atom stereocenters. The van der Waals surface area contributed by atoms with E-state index in [1.54, 1.807) is 0 Å². The highest BCUT2D eigenvalue weighted by Crippen LogP contribution is 2.49. The molecule has 1 aliphatic heterocycles. The fourth-order valence-electron chi connectivity index (χ4n) is 5.33. The van der Waals surface area contributed by atoms with Crippen LogP contribution in [0.1, 0.15) is 0 Å². The van der Waals surface area contributed by atoms with Crippen molar-refractivity contribution in [1.82, 2.24) is 24.9 Å². The summed E-state index contributed by atoms with van der Waals surface area (Å²) in [6, 6.07) is 38.5. The molecule has 0 fully saturated rings. The summed E-state index contributed by atoms with van der Waals surface area (Å²) < 4.78 is 0. The van der Waals surface area contributed by atoms with Crippen LogP contribution in [0, 0.1) is 0 Å². The lowest BCUT2D eigenvalue weighted by atomic mass is 9.96. The Morgan fingerprint density at radius 1 is 0.513 bits per heavy atom. The van der Waals surface area contributed by atoms with Gasteiger partial charge in [0.05, 0.1) is 22.3 Å². The molecular formula is C33H20N6. The van der Waals surface area contributed by atoms with Gasteiger partial charge in [0.1, 0.15) is 0 Å². The number of hydrogen-bond donors (Lipinski definition) is 0. The van der Waals surface area contributed by atoms with Crippen LogP contribution < -0.4 is 4.90 Å². The number of pyridine rings is 2. The summed E-state index contributed by atoms with van der Waals surface area (Å²) in [4.78, 5) is 27.0. The van der Waals surface area contributed by atoms with E-state index in [0.717, 1.165) is 55.6 Å². The van der Waals surface area contributed by atoms with Gasteiger partial charge in [0, 0.05) is 28.3 Å². The van der Waals surface area contributed by atoms with E-state index in [-0.39, 0.29) is 0 Å². The number of rotatable bonds is 3. The molecule has 0 amide bonds. The van der Waals surface area contributed by atoms with Crippen LogP contribution in [0.4, 0.5) is 17.5 Å². The normalized spacial score (nSPS) is 12.1. The molecule has 39 heavy (non-hydrogen) atoms. The van der Waals surface area contributed by atoms with Crippen LogP contribution >= 0.6 is 0 Å². The van der Waals surface area contributed by atoms with Crippen LogP contribution in [0.3, 0.4) is 0 Å². The van der Waals surface area contributed by atoms with Crippen molar-refractivity contribution in [2.45, 2.75) is 0 Å². The highest BCUT2D eigenvalue weighted by atomic mass is 15.3. The van der Waals surface area contributed by atoms with Gasteiger partial charge in [-0.3, -0.25) is 9.88 Å². The van der Waals surface area contributed by atoms with Gasteiger partial charge < -0.3 is 0 Å². The Balaban J connectivity index is 1.48. The standard InChI is InChI=1S/C33H20N6/c1-3-11-21(12-4-1)30-36-31(22-13-5-2-6-14-22)38-33(37-30)39-27-18-10-8-16-25(27)29-28-24(19-20-34-29)23-15-7-9-17-26(23)35-32(28)39/h1-20H. The summed E-state index contributed by atoms with van der Waals surface area (Å²) >= 11 is 0. The molecule has 6 heteroatoms. The van der Waals surface area contributed by atoms with Crippen LogP contribution in [0.25, 0.3) is 55.7 Å². The molecule has 0 spiro atoms. The molecule has 0 saturated heterocycles. The van der Waals surface area contributed by atoms with E-state index in [2.05, 4.69) is 29.2 Å². The fourth-order valence-corrected chi connectivity index (χ4v) is 5.33. The Labute approximate surface area is 224 Å². The summed E-state index contributed by atoms with van der Waals surface area (Å²) in [5.41, 5.74) is 5.59. The van der Waals surface area contributed by atoms with E-state index in [1.807, 2.05) is 97.2 Å². The van der Waals surface area contributed by atoms with E-state index in [4.69, 9.17) is 24.9 Å². The number of aromatic nitrogens is 5. The molecule has 0 radical (unpaired) electrons. The lowest BCUT2D eigenvalue weighted by Crippen LogP contribution is -2.20. The highest BCUT2D eigenvalue weighted by Gasteiger charge is 2.31. The molecule has 1 aliphatic rings. The maximum absolute atomic E-state index is 5.18. The molecule has 4 heterocycles. The Morgan fingerprint density at radius 3 is 1.90 bits per heavy atom. The smallest absolute Gasteiger partial charge is 0.240 e. The van der Waals surface area contributed by atoms with Crippen molar-refractivity contribution >= 4 is 39.1 Å². The van der Waals surface area contributed by atoms with E-state index in [9.17, 15) is 0 Å². The zero-order chi connectivity index (χ0) is 25.8. The number of anilines is 3. The van der Waals surface area contributed by atoms with Crippen molar-refractivity contribution in [3.63, 3.8) is 0 Å². The number of para-hydroxylation sites is 2. The first-order chi connectivity index (χ1) is 19.3. The molecule has 0 bridgehead atoms. The monoisotopic (exact) mass is 500 g/mol. The molecule has 0 N–H and O–H groups in total. The van der Waals surface area contributed by atoms with Crippen LogP contribution in [-0.2, 0) is 0 Å². The molecule has 182 valence electrons. The Kier molecular flexibility index (Phi) is 4.72. The second kappa shape index (κ2) is 8.53. The lowest BCUT2D eigenvalue weighted by Gasteiger charge is -2.30. The van der Waals surface area contributed by atoms with Gasteiger partial charge >= 0.3 is 0 Å². The molecule has 6 nitrogen and oxygen atoms in total. The van der Waals surface area contributed by atoms with E-state index < -0.39 is 0 Å². The van der Waals surface area contributed by atoms with Gasteiger partial charge in [-0.25, -0.2) is 9.97 Å². The van der Waals surface area contributed by atoms with Crippen LogP contribution in [0.5, 0.6) is 0 Å². The predicted molar refractivity (Wildman–Crippen MR) is 155 cm³/mol. The first-order valence-corrected chi connectivity index (χ1v) is 12.8. The second-order valence-electron chi connectivity index (χ2n) is 9.40. The minimum Gasteiger partial charge on any atom is -0.261 e. The van der Waals surface area contributed by atoms with Crippen LogP contribution in [0.2, 0.25) is 0 Å². The van der Waals surface area contributed by atoms with Crippen molar-refractivity contribution in [2.75, 3.05) is 4.90 Å². The summed E-state index contributed by atoms with van der Waals surface area (Å²) in [5.74, 6) is 2.47. The first-order valence-electron chi connectivity index (χ1n) is 12.8. The van der Waals surface area contributed by atoms with E-state index >= 15 is 0 Å². The molecule has 3 aromatic heterocycles. The zero-order valence-corrected chi connectivity index (χ0v) is 20.7. The highest BCUT2D eigenvalue weighted by molar-refractivity contribution is 6.18. The summed E-state index contributed by atoms with van der Waals surface area (Å²) in [5, 5.41) is 3.17. The van der Waals surface area contributed by atoms with E-state index in [1.165, 1.54) is 0 Å². The summed E-state index contributed by atoms with van der Waals surface area (Å²) in [7, 11) is 0. The SMILES string of the molecule is c1ccc(-c2nc(-c3ccccc3)nc(N3c4ccccc4-c4nccc5c4c3nc3ccccc35)n2)cc1. The quantitative estimate of drug-likeness (QED) is 0.231. The van der Waals surface area contributed by atoms with Crippen molar-refractivity contribution in [2.24, 2.45) is 0 Å². The number of hydrogen-bond acceptors (Lipinski definition) is 6. The molecular weight excluding hydrogens is 480 g/mol. The number of nitrogens with zero attached hydrogens (tertiary/aromatic N) is 6.